The molecule has 1 aliphatic heterocycles. The van der Waals surface area contributed by atoms with E-state index >= 15 is 0 Å². The van der Waals surface area contributed by atoms with Gasteiger partial charge in [-0.3, -0.25) is 9.48 Å². The molecule has 0 unspecified atom stereocenters. The molecule has 3 rings (SSSR count). The summed E-state index contributed by atoms with van der Waals surface area (Å²) in [7, 11) is 0. The summed E-state index contributed by atoms with van der Waals surface area (Å²) in [5.74, 6) is 1.04. The number of aromatic nitrogens is 2. The molecule has 0 saturated heterocycles. The van der Waals surface area contributed by atoms with Crippen LogP contribution in [0.1, 0.15) is 28.4 Å². The summed E-state index contributed by atoms with van der Waals surface area (Å²) in [6.45, 7) is 3.57. The van der Waals surface area contributed by atoms with E-state index in [9.17, 15) is 4.79 Å². The van der Waals surface area contributed by atoms with E-state index in [4.69, 9.17) is 4.74 Å². The Morgan fingerprint density at radius 3 is 3.16 bits per heavy atom. The number of ketones is 1. The molecule has 4 heteroatoms. The van der Waals surface area contributed by atoms with Crippen molar-refractivity contribution in [1.82, 2.24) is 9.78 Å². The van der Waals surface area contributed by atoms with E-state index in [1.165, 1.54) is 0 Å². The average molecular weight is 256 g/mol. The molecular weight excluding hydrogens is 240 g/mol. The Hall–Kier alpha value is -2.10. The quantitative estimate of drug-likeness (QED) is 0.788. The molecular formula is C15H16N2O2. The first-order valence-electron chi connectivity index (χ1n) is 6.56. The van der Waals surface area contributed by atoms with Crippen molar-refractivity contribution in [2.75, 3.05) is 6.61 Å². The maximum Gasteiger partial charge on any atom is 0.167 e. The lowest BCUT2D eigenvalue weighted by molar-refractivity contribution is 0.0993. The van der Waals surface area contributed by atoms with Crippen LogP contribution in [0.15, 0.2) is 30.6 Å². The third-order valence-electron chi connectivity index (χ3n) is 3.39. The van der Waals surface area contributed by atoms with Gasteiger partial charge >= 0.3 is 0 Å². The molecule has 0 N–H and O–H groups in total. The van der Waals surface area contributed by atoms with Crippen LogP contribution in [0.4, 0.5) is 0 Å². The first-order chi connectivity index (χ1) is 9.26. The van der Waals surface area contributed by atoms with Crippen LogP contribution in [0.25, 0.3) is 0 Å². The van der Waals surface area contributed by atoms with Crippen molar-refractivity contribution in [3.05, 3.63) is 47.3 Å². The van der Waals surface area contributed by atoms with Gasteiger partial charge in [-0.2, -0.15) is 5.10 Å². The van der Waals surface area contributed by atoms with Crippen LogP contribution >= 0.6 is 0 Å². The van der Waals surface area contributed by atoms with Crippen LogP contribution in [-0.4, -0.2) is 22.2 Å². The molecule has 0 atom stereocenters. The van der Waals surface area contributed by atoms with Gasteiger partial charge in [0.2, 0.25) is 0 Å². The fraction of sp³-hybridized carbons (Fsp3) is 0.333. The average Bonchev–Trinajstić information content (AvgIpc) is 3.05. The van der Waals surface area contributed by atoms with Gasteiger partial charge in [0.05, 0.1) is 12.8 Å². The van der Waals surface area contributed by atoms with Crippen molar-refractivity contribution in [2.24, 2.45) is 0 Å². The fourth-order valence-electron chi connectivity index (χ4n) is 2.32. The summed E-state index contributed by atoms with van der Waals surface area (Å²) in [5, 5.41) is 4.18. The minimum absolute atomic E-state index is 0.130. The van der Waals surface area contributed by atoms with Gasteiger partial charge in [0.25, 0.3) is 0 Å². The lowest BCUT2D eigenvalue weighted by Gasteiger charge is -2.02. The Morgan fingerprint density at radius 1 is 1.47 bits per heavy atom. The lowest BCUT2D eigenvalue weighted by Crippen LogP contribution is -2.03. The highest BCUT2D eigenvalue weighted by atomic mass is 16.5. The Balaban J connectivity index is 1.76. The molecule has 19 heavy (non-hydrogen) atoms. The number of nitrogens with zero attached hydrogens (tertiary/aromatic N) is 2. The molecule has 0 aliphatic carbocycles. The minimum Gasteiger partial charge on any atom is -0.493 e. The number of carbonyl (C=O) groups is 1. The number of Topliss-reactive ketones (excluding diaryl/α,β-unsaturated/α-hetero) is 1. The molecule has 0 spiro atoms. The number of fused-ring (bicyclic) bond motifs is 1. The topological polar surface area (TPSA) is 44.1 Å². The van der Waals surface area contributed by atoms with Crippen LogP contribution in [0, 0.1) is 0 Å². The van der Waals surface area contributed by atoms with Crippen molar-refractivity contribution >= 4 is 5.78 Å². The van der Waals surface area contributed by atoms with Gasteiger partial charge in [0, 0.05) is 31.1 Å². The van der Waals surface area contributed by atoms with E-state index in [2.05, 4.69) is 5.10 Å². The number of hydrogen-bond acceptors (Lipinski definition) is 3. The van der Waals surface area contributed by atoms with E-state index in [0.29, 0.717) is 6.42 Å². The Kier molecular flexibility index (Phi) is 3.07. The van der Waals surface area contributed by atoms with E-state index in [1.54, 1.807) is 6.20 Å². The van der Waals surface area contributed by atoms with E-state index < -0.39 is 0 Å². The minimum atomic E-state index is 0.130. The van der Waals surface area contributed by atoms with Gasteiger partial charge in [-0.1, -0.05) is 0 Å². The molecule has 1 aliphatic rings. The van der Waals surface area contributed by atoms with Gasteiger partial charge in [-0.25, -0.2) is 0 Å². The second-order valence-corrected chi connectivity index (χ2v) is 4.73. The smallest absolute Gasteiger partial charge is 0.167 e. The molecule has 0 fully saturated rings. The normalized spacial score (nSPS) is 13.1. The van der Waals surface area contributed by atoms with Gasteiger partial charge in [-0.15, -0.1) is 0 Å². The molecule has 0 bridgehead atoms. The number of benzene rings is 1. The lowest BCUT2D eigenvalue weighted by atomic mass is 10.0. The largest absolute Gasteiger partial charge is 0.493 e. The van der Waals surface area contributed by atoms with Gasteiger partial charge in [0.15, 0.2) is 5.78 Å². The molecule has 2 heterocycles. The summed E-state index contributed by atoms with van der Waals surface area (Å²) in [6, 6.07) is 5.69. The van der Waals surface area contributed by atoms with Gasteiger partial charge in [0.1, 0.15) is 5.75 Å². The van der Waals surface area contributed by atoms with Crippen LogP contribution in [0.5, 0.6) is 5.75 Å². The highest BCUT2D eigenvalue weighted by Crippen LogP contribution is 2.26. The molecule has 4 nitrogen and oxygen atoms in total. The zero-order chi connectivity index (χ0) is 13.2. The van der Waals surface area contributed by atoms with Crippen LogP contribution in [0.2, 0.25) is 0 Å². The summed E-state index contributed by atoms with van der Waals surface area (Å²) in [4.78, 5) is 12.2. The van der Waals surface area contributed by atoms with E-state index in [1.807, 2.05) is 36.0 Å². The first-order valence-corrected chi connectivity index (χ1v) is 6.56. The molecule has 0 amide bonds. The Bertz CT molecular complexity index is 616. The summed E-state index contributed by atoms with van der Waals surface area (Å²) in [6.07, 6.45) is 4.98. The zero-order valence-corrected chi connectivity index (χ0v) is 10.9. The standard InChI is InChI=1S/C15H16N2O2/c1-2-17-10-11(9-16-17)7-14(18)12-3-4-15-13(8-12)5-6-19-15/h3-4,8-10H,2,5-7H2,1H3. The van der Waals surface area contributed by atoms with Crippen molar-refractivity contribution in [1.29, 1.82) is 0 Å². The second-order valence-electron chi connectivity index (χ2n) is 4.73. The Labute approximate surface area is 112 Å². The van der Waals surface area contributed by atoms with E-state index in [0.717, 1.165) is 42.0 Å². The molecule has 1 aromatic heterocycles. The number of ether oxygens (including phenoxy) is 1. The molecule has 2 aromatic rings. The van der Waals surface area contributed by atoms with Gasteiger partial charge < -0.3 is 4.74 Å². The van der Waals surface area contributed by atoms with Crippen LogP contribution in [0.3, 0.4) is 0 Å². The third kappa shape index (κ3) is 2.38. The Morgan fingerprint density at radius 2 is 2.37 bits per heavy atom. The molecule has 98 valence electrons. The van der Waals surface area contributed by atoms with E-state index in [-0.39, 0.29) is 5.78 Å². The SMILES string of the molecule is CCn1cc(CC(=O)c2ccc3c(c2)CCO3)cn1. The molecule has 1 aromatic carbocycles. The van der Waals surface area contributed by atoms with Crippen molar-refractivity contribution in [3.8, 4) is 5.75 Å². The van der Waals surface area contributed by atoms with Gasteiger partial charge in [-0.05, 0) is 36.2 Å². The van der Waals surface area contributed by atoms with Crippen molar-refractivity contribution in [3.63, 3.8) is 0 Å². The molecule has 0 saturated carbocycles. The summed E-state index contributed by atoms with van der Waals surface area (Å²) < 4.78 is 7.28. The second kappa shape index (κ2) is 4.88. The highest BCUT2D eigenvalue weighted by Gasteiger charge is 2.15. The first kappa shape index (κ1) is 12.0. The molecule has 0 radical (unpaired) electrons. The maximum atomic E-state index is 12.2. The zero-order valence-electron chi connectivity index (χ0n) is 10.9. The summed E-state index contributed by atoms with van der Waals surface area (Å²) >= 11 is 0. The highest BCUT2D eigenvalue weighted by molar-refractivity contribution is 5.97. The predicted octanol–water partition coefficient (Wildman–Crippen LogP) is 2.26. The third-order valence-corrected chi connectivity index (χ3v) is 3.39. The number of rotatable bonds is 4. The van der Waals surface area contributed by atoms with Crippen molar-refractivity contribution in [2.45, 2.75) is 26.3 Å². The monoisotopic (exact) mass is 256 g/mol. The van der Waals surface area contributed by atoms with Crippen LogP contribution < -0.4 is 4.74 Å². The number of aryl methyl sites for hydroxylation is 1. The van der Waals surface area contributed by atoms with Crippen LogP contribution in [-0.2, 0) is 19.4 Å². The fourth-order valence-corrected chi connectivity index (χ4v) is 2.32. The predicted molar refractivity (Wildman–Crippen MR) is 71.6 cm³/mol. The van der Waals surface area contributed by atoms with Crippen molar-refractivity contribution < 1.29 is 9.53 Å². The summed E-state index contributed by atoms with van der Waals surface area (Å²) in [5.41, 5.74) is 2.85. The maximum absolute atomic E-state index is 12.2. The number of carbonyl (C=O) groups excluding carboxylic acids is 1. The number of hydrogen-bond donors (Lipinski definition) is 0.